The maximum Gasteiger partial charge on any atom is 0.287 e. The van der Waals surface area contributed by atoms with Crippen LogP contribution in [-0.2, 0) is 6.42 Å². The predicted octanol–water partition coefficient (Wildman–Crippen LogP) is 1.63. The average Bonchev–Trinajstić information content (AvgIpc) is 2.89. The number of H-pyrrole nitrogens is 1. The molecule has 2 heterocycles. The second kappa shape index (κ2) is 4.85. The molecule has 84 valence electrons. The van der Waals surface area contributed by atoms with Crippen LogP contribution in [0.5, 0.6) is 0 Å². The Morgan fingerprint density at radius 1 is 1.56 bits per heavy atom. The number of aromatic nitrogens is 2. The van der Waals surface area contributed by atoms with Gasteiger partial charge in [0.05, 0.1) is 6.33 Å². The van der Waals surface area contributed by atoms with Crippen LogP contribution >= 0.6 is 11.6 Å². The molecular weight excluding hydrogens is 230 g/mol. The van der Waals surface area contributed by atoms with Gasteiger partial charge < -0.3 is 14.7 Å². The van der Waals surface area contributed by atoms with E-state index in [4.69, 9.17) is 16.0 Å². The first-order valence-electron chi connectivity index (χ1n) is 4.76. The Balaban J connectivity index is 1.80. The average molecular weight is 240 g/mol. The molecule has 2 aromatic rings. The van der Waals surface area contributed by atoms with Gasteiger partial charge in [-0.05, 0) is 23.7 Å². The zero-order valence-corrected chi connectivity index (χ0v) is 9.12. The van der Waals surface area contributed by atoms with Crippen molar-refractivity contribution in [1.29, 1.82) is 0 Å². The van der Waals surface area contributed by atoms with Gasteiger partial charge in [0.2, 0.25) is 0 Å². The summed E-state index contributed by atoms with van der Waals surface area (Å²) < 4.78 is 4.97. The van der Waals surface area contributed by atoms with Crippen LogP contribution in [0.4, 0.5) is 0 Å². The number of imidazole rings is 1. The third kappa shape index (κ3) is 2.64. The van der Waals surface area contributed by atoms with E-state index in [0.717, 1.165) is 5.69 Å². The van der Waals surface area contributed by atoms with Gasteiger partial charge in [-0.3, -0.25) is 4.79 Å². The molecule has 2 rings (SSSR count). The van der Waals surface area contributed by atoms with Crippen molar-refractivity contribution in [3.63, 3.8) is 0 Å². The Morgan fingerprint density at radius 2 is 2.44 bits per heavy atom. The van der Waals surface area contributed by atoms with Crippen LogP contribution < -0.4 is 5.32 Å². The summed E-state index contributed by atoms with van der Waals surface area (Å²) in [7, 11) is 0. The number of aromatic amines is 1. The van der Waals surface area contributed by atoms with E-state index < -0.39 is 0 Å². The van der Waals surface area contributed by atoms with E-state index in [-0.39, 0.29) is 16.9 Å². The van der Waals surface area contributed by atoms with Crippen LogP contribution in [-0.4, -0.2) is 22.4 Å². The lowest BCUT2D eigenvalue weighted by Gasteiger charge is -2.00. The molecular formula is C10H10ClN3O2. The van der Waals surface area contributed by atoms with E-state index in [1.807, 2.05) is 0 Å². The molecule has 6 heteroatoms. The Bertz CT molecular complexity index is 464. The van der Waals surface area contributed by atoms with Gasteiger partial charge in [-0.2, -0.15) is 0 Å². The molecule has 5 nitrogen and oxygen atoms in total. The summed E-state index contributed by atoms with van der Waals surface area (Å²) in [6.07, 6.45) is 4.01. The zero-order chi connectivity index (χ0) is 11.4. The number of rotatable bonds is 4. The minimum Gasteiger partial charge on any atom is -0.440 e. The topological polar surface area (TPSA) is 70.9 Å². The zero-order valence-electron chi connectivity index (χ0n) is 8.37. The highest BCUT2D eigenvalue weighted by Crippen LogP contribution is 2.12. The molecule has 0 aliphatic heterocycles. The third-order valence-electron chi connectivity index (χ3n) is 2.03. The second-order valence-electron chi connectivity index (χ2n) is 3.19. The lowest BCUT2D eigenvalue weighted by Crippen LogP contribution is -2.25. The Labute approximate surface area is 96.8 Å². The van der Waals surface area contributed by atoms with Gasteiger partial charge in [0, 0.05) is 24.9 Å². The van der Waals surface area contributed by atoms with E-state index in [1.54, 1.807) is 12.5 Å². The molecule has 0 unspecified atom stereocenters. The van der Waals surface area contributed by atoms with Crippen molar-refractivity contribution in [3.05, 3.63) is 41.3 Å². The van der Waals surface area contributed by atoms with Gasteiger partial charge in [0.15, 0.2) is 11.0 Å². The number of hydrogen-bond acceptors (Lipinski definition) is 3. The van der Waals surface area contributed by atoms with Crippen LogP contribution in [0.2, 0.25) is 5.22 Å². The smallest absolute Gasteiger partial charge is 0.287 e. The van der Waals surface area contributed by atoms with Gasteiger partial charge in [0.1, 0.15) is 0 Å². The van der Waals surface area contributed by atoms with Crippen molar-refractivity contribution in [3.8, 4) is 0 Å². The van der Waals surface area contributed by atoms with Crippen LogP contribution in [0.1, 0.15) is 16.2 Å². The van der Waals surface area contributed by atoms with Crippen LogP contribution in [0.15, 0.2) is 29.1 Å². The van der Waals surface area contributed by atoms with Gasteiger partial charge >= 0.3 is 0 Å². The summed E-state index contributed by atoms with van der Waals surface area (Å²) in [6.45, 7) is 0.513. The largest absolute Gasteiger partial charge is 0.440 e. The first-order chi connectivity index (χ1) is 7.75. The second-order valence-corrected chi connectivity index (χ2v) is 3.56. The number of carbonyl (C=O) groups is 1. The Kier molecular flexibility index (Phi) is 3.26. The summed E-state index contributed by atoms with van der Waals surface area (Å²) >= 11 is 5.56. The highest BCUT2D eigenvalue weighted by atomic mass is 35.5. The van der Waals surface area contributed by atoms with Crippen molar-refractivity contribution in [2.45, 2.75) is 6.42 Å². The Hall–Kier alpha value is -1.75. The molecule has 0 saturated heterocycles. The van der Waals surface area contributed by atoms with Crippen LogP contribution in [0, 0.1) is 0 Å². The minimum atomic E-state index is -0.272. The third-order valence-corrected chi connectivity index (χ3v) is 2.23. The van der Waals surface area contributed by atoms with Gasteiger partial charge in [-0.1, -0.05) is 0 Å². The number of halogens is 1. The number of nitrogens with one attached hydrogen (secondary N) is 2. The summed E-state index contributed by atoms with van der Waals surface area (Å²) in [5, 5.41) is 2.92. The number of carbonyl (C=O) groups excluding carboxylic acids is 1. The number of amides is 1. The standard InChI is InChI=1S/C10H10ClN3O2/c11-9-2-1-8(16-9)10(15)13-4-3-7-5-12-6-14-7/h1-2,5-6H,3-4H2,(H,12,14)(H,13,15). The molecule has 0 aliphatic carbocycles. The van der Waals surface area contributed by atoms with Gasteiger partial charge in [0.25, 0.3) is 5.91 Å². The molecule has 0 spiro atoms. The molecule has 0 aliphatic rings. The summed E-state index contributed by atoms with van der Waals surface area (Å²) in [4.78, 5) is 18.3. The molecule has 16 heavy (non-hydrogen) atoms. The van der Waals surface area contributed by atoms with Crippen LogP contribution in [0.3, 0.4) is 0 Å². The molecule has 0 bridgehead atoms. The maximum atomic E-state index is 11.5. The van der Waals surface area contributed by atoms with Crippen molar-refractivity contribution in [1.82, 2.24) is 15.3 Å². The lowest BCUT2D eigenvalue weighted by atomic mass is 10.3. The number of furan rings is 1. The highest BCUT2D eigenvalue weighted by Gasteiger charge is 2.09. The summed E-state index contributed by atoms with van der Waals surface area (Å²) in [5.74, 6) is -0.0546. The fraction of sp³-hybridized carbons (Fsp3) is 0.200. The minimum absolute atomic E-state index is 0.207. The molecule has 0 radical (unpaired) electrons. The highest BCUT2D eigenvalue weighted by molar-refractivity contribution is 6.29. The Morgan fingerprint density at radius 3 is 3.06 bits per heavy atom. The van der Waals surface area contributed by atoms with E-state index in [2.05, 4.69) is 15.3 Å². The van der Waals surface area contributed by atoms with E-state index in [0.29, 0.717) is 13.0 Å². The van der Waals surface area contributed by atoms with E-state index >= 15 is 0 Å². The summed E-state index contributed by atoms with van der Waals surface area (Å²) in [6, 6.07) is 3.07. The number of hydrogen-bond donors (Lipinski definition) is 2. The van der Waals surface area contributed by atoms with Gasteiger partial charge in [-0.25, -0.2) is 4.98 Å². The molecule has 0 saturated carbocycles. The quantitative estimate of drug-likeness (QED) is 0.852. The van der Waals surface area contributed by atoms with Crippen LogP contribution in [0.25, 0.3) is 0 Å². The maximum absolute atomic E-state index is 11.5. The monoisotopic (exact) mass is 239 g/mol. The molecule has 2 N–H and O–H groups in total. The normalized spacial score (nSPS) is 10.3. The fourth-order valence-electron chi connectivity index (χ4n) is 1.26. The first-order valence-corrected chi connectivity index (χ1v) is 5.14. The van der Waals surface area contributed by atoms with Gasteiger partial charge in [-0.15, -0.1) is 0 Å². The SMILES string of the molecule is O=C(NCCc1cnc[nH]1)c1ccc(Cl)o1. The fourth-order valence-corrected chi connectivity index (χ4v) is 1.40. The molecule has 0 aromatic carbocycles. The lowest BCUT2D eigenvalue weighted by molar-refractivity contribution is 0.0926. The van der Waals surface area contributed by atoms with Crippen molar-refractivity contribution in [2.75, 3.05) is 6.54 Å². The molecule has 1 amide bonds. The predicted molar refractivity (Wildman–Crippen MR) is 58.3 cm³/mol. The molecule has 0 fully saturated rings. The molecule has 0 atom stereocenters. The van der Waals surface area contributed by atoms with E-state index in [9.17, 15) is 4.79 Å². The van der Waals surface area contributed by atoms with Crippen molar-refractivity contribution < 1.29 is 9.21 Å². The first kappa shape index (κ1) is 10.8. The van der Waals surface area contributed by atoms with Crippen molar-refractivity contribution in [2.24, 2.45) is 0 Å². The summed E-state index contributed by atoms with van der Waals surface area (Å²) in [5.41, 5.74) is 0.970. The van der Waals surface area contributed by atoms with Crippen molar-refractivity contribution >= 4 is 17.5 Å². The van der Waals surface area contributed by atoms with E-state index in [1.165, 1.54) is 12.1 Å². The number of nitrogens with zero attached hydrogens (tertiary/aromatic N) is 1. The molecule has 2 aromatic heterocycles.